The zero-order chi connectivity index (χ0) is 12.5. The van der Waals surface area contributed by atoms with Gasteiger partial charge in [-0.2, -0.15) is 0 Å². The van der Waals surface area contributed by atoms with Crippen LogP contribution in [0, 0.1) is 23.3 Å². The van der Waals surface area contributed by atoms with Crippen LogP contribution in [0.4, 0.5) is 17.6 Å². The third kappa shape index (κ3) is 2.08. The van der Waals surface area contributed by atoms with Crippen LogP contribution in [-0.2, 0) is 9.84 Å². The third-order valence-electron chi connectivity index (χ3n) is 1.72. The fourth-order valence-electron chi connectivity index (χ4n) is 1.06. The molecule has 0 atom stereocenters. The Kier molecular flexibility index (Phi) is 3.37. The summed E-state index contributed by atoms with van der Waals surface area (Å²) < 4.78 is 74.2. The van der Waals surface area contributed by atoms with Crippen molar-refractivity contribution in [2.45, 2.75) is 4.90 Å². The minimum absolute atomic E-state index is 0.0579. The van der Waals surface area contributed by atoms with Crippen molar-refractivity contribution in [3.8, 4) is 0 Å². The van der Waals surface area contributed by atoms with Crippen LogP contribution < -0.4 is 0 Å². The van der Waals surface area contributed by atoms with Crippen molar-refractivity contribution in [3.05, 3.63) is 42.0 Å². The lowest BCUT2D eigenvalue weighted by Gasteiger charge is -2.06. The van der Waals surface area contributed by atoms with E-state index in [9.17, 15) is 26.0 Å². The van der Waals surface area contributed by atoms with Crippen LogP contribution in [0.25, 0.3) is 0 Å². The van der Waals surface area contributed by atoms with Crippen molar-refractivity contribution in [1.29, 1.82) is 0 Å². The summed E-state index contributed by atoms with van der Waals surface area (Å²) >= 11 is 0. The first-order valence-corrected chi connectivity index (χ1v) is 5.63. The van der Waals surface area contributed by atoms with E-state index in [1.807, 2.05) is 0 Å². The standard InChI is InChI=1S/C9H6F4O2S/c1-2-3-16(14,15)9-7(12)5(10)4-6(11)8(9)13/h2,4H,1,3H2. The zero-order valence-electron chi connectivity index (χ0n) is 7.81. The fraction of sp³-hybridized carbons (Fsp3) is 0.111. The molecule has 0 amide bonds. The maximum Gasteiger partial charge on any atom is 0.187 e. The summed E-state index contributed by atoms with van der Waals surface area (Å²) in [5, 5.41) is 0. The Morgan fingerprint density at radius 3 is 1.94 bits per heavy atom. The largest absolute Gasteiger partial charge is 0.223 e. The van der Waals surface area contributed by atoms with E-state index in [1.54, 1.807) is 0 Å². The van der Waals surface area contributed by atoms with E-state index in [1.165, 1.54) is 0 Å². The molecule has 0 spiro atoms. The molecule has 0 aliphatic heterocycles. The highest BCUT2D eigenvalue weighted by Crippen LogP contribution is 2.24. The Bertz CT molecular complexity index is 511. The molecule has 2 nitrogen and oxygen atoms in total. The van der Waals surface area contributed by atoms with Gasteiger partial charge in [0.25, 0.3) is 0 Å². The van der Waals surface area contributed by atoms with Gasteiger partial charge in [-0.15, -0.1) is 6.58 Å². The first-order valence-electron chi connectivity index (χ1n) is 3.98. The summed E-state index contributed by atoms with van der Waals surface area (Å²) in [5.41, 5.74) is 0. The second-order valence-electron chi connectivity index (χ2n) is 2.87. The Morgan fingerprint density at radius 1 is 1.12 bits per heavy atom. The van der Waals surface area contributed by atoms with Crippen LogP contribution in [0.1, 0.15) is 0 Å². The Labute approximate surface area is 89.1 Å². The molecule has 0 saturated carbocycles. The smallest absolute Gasteiger partial charge is 0.187 e. The number of hydrogen-bond donors (Lipinski definition) is 0. The molecular weight excluding hydrogens is 248 g/mol. The molecule has 7 heteroatoms. The number of benzene rings is 1. The second-order valence-corrected chi connectivity index (χ2v) is 4.84. The molecule has 0 fully saturated rings. The highest BCUT2D eigenvalue weighted by molar-refractivity contribution is 7.91. The molecule has 0 aromatic heterocycles. The van der Waals surface area contributed by atoms with Crippen LogP contribution in [0.3, 0.4) is 0 Å². The molecule has 0 heterocycles. The van der Waals surface area contributed by atoms with Crippen molar-refractivity contribution in [2.75, 3.05) is 5.75 Å². The van der Waals surface area contributed by atoms with Crippen molar-refractivity contribution < 1.29 is 26.0 Å². The van der Waals surface area contributed by atoms with Gasteiger partial charge in [-0.1, -0.05) is 6.08 Å². The Hall–Kier alpha value is -1.37. The van der Waals surface area contributed by atoms with Crippen LogP contribution in [0.5, 0.6) is 0 Å². The van der Waals surface area contributed by atoms with Crippen LogP contribution in [0.15, 0.2) is 23.6 Å². The molecule has 1 rings (SSSR count). The molecule has 0 unspecified atom stereocenters. The highest BCUT2D eigenvalue weighted by atomic mass is 32.2. The van der Waals surface area contributed by atoms with Crippen molar-refractivity contribution in [2.24, 2.45) is 0 Å². The summed E-state index contributed by atoms with van der Waals surface area (Å²) in [6.07, 6.45) is 0.858. The molecule has 1 aromatic rings. The molecule has 88 valence electrons. The molecule has 0 bridgehead atoms. The first kappa shape index (κ1) is 12.7. The molecule has 16 heavy (non-hydrogen) atoms. The van der Waals surface area contributed by atoms with Gasteiger partial charge in [0.05, 0.1) is 5.75 Å². The predicted octanol–water partition coefficient (Wildman–Crippen LogP) is 2.20. The fourth-order valence-corrected chi connectivity index (χ4v) is 2.28. The lowest BCUT2D eigenvalue weighted by Crippen LogP contribution is -2.12. The average molecular weight is 254 g/mol. The van der Waals surface area contributed by atoms with E-state index < -0.39 is 43.8 Å². The summed E-state index contributed by atoms with van der Waals surface area (Å²) in [5.74, 6) is -8.20. The van der Waals surface area contributed by atoms with Gasteiger partial charge in [0.15, 0.2) is 33.1 Å². The molecule has 0 N–H and O–H groups in total. The zero-order valence-corrected chi connectivity index (χ0v) is 8.62. The van der Waals surface area contributed by atoms with E-state index in [4.69, 9.17) is 0 Å². The van der Waals surface area contributed by atoms with Gasteiger partial charge in [-0.05, 0) is 0 Å². The molecule has 1 aromatic carbocycles. The number of rotatable bonds is 3. The van der Waals surface area contributed by atoms with Gasteiger partial charge in [0, 0.05) is 6.07 Å². The van der Waals surface area contributed by atoms with Crippen LogP contribution in [-0.4, -0.2) is 14.2 Å². The van der Waals surface area contributed by atoms with Crippen molar-refractivity contribution in [1.82, 2.24) is 0 Å². The highest BCUT2D eigenvalue weighted by Gasteiger charge is 2.28. The quantitative estimate of drug-likeness (QED) is 0.471. The van der Waals surface area contributed by atoms with Gasteiger partial charge in [-0.3, -0.25) is 0 Å². The maximum absolute atomic E-state index is 13.1. The monoisotopic (exact) mass is 254 g/mol. The van der Waals surface area contributed by atoms with Crippen molar-refractivity contribution >= 4 is 9.84 Å². The van der Waals surface area contributed by atoms with Crippen molar-refractivity contribution in [3.63, 3.8) is 0 Å². The normalized spacial score (nSPS) is 11.5. The van der Waals surface area contributed by atoms with Gasteiger partial charge in [-0.25, -0.2) is 26.0 Å². The predicted molar refractivity (Wildman–Crippen MR) is 48.5 cm³/mol. The SMILES string of the molecule is C=CCS(=O)(=O)c1c(F)c(F)cc(F)c1F. The summed E-state index contributed by atoms with van der Waals surface area (Å²) in [7, 11) is -4.46. The van der Waals surface area contributed by atoms with E-state index >= 15 is 0 Å². The number of halogens is 4. The van der Waals surface area contributed by atoms with E-state index in [0.29, 0.717) is 0 Å². The topological polar surface area (TPSA) is 34.1 Å². The summed E-state index contributed by atoms with van der Waals surface area (Å²) in [6.45, 7) is 3.06. The molecule has 0 aliphatic carbocycles. The van der Waals surface area contributed by atoms with Gasteiger partial charge < -0.3 is 0 Å². The minimum Gasteiger partial charge on any atom is -0.223 e. The van der Waals surface area contributed by atoms with E-state index in [2.05, 4.69) is 6.58 Å². The van der Waals surface area contributed by atoms with Gasteiger partial charge in [0.1, 0.15) is 4.90 Å². The minimum atomic E-state index is -4.46. The average Bonchev–Trinajstić information content (AvgIpc) is 2.14. The summed E-state index contributed by atoms with van der Waals surface area (Å²) in [6, 6.07) is -0.0579. The maximum atomic E-state index is 13.1. The number of hydrogen-bond acceptors (Lipinski definition) is 2. The molecule has 0 aliphatic rings. The van der Waals surface area contributed by atoms with Gasteiger partial charge >= 0.3 is 0 Å². The molecule has 0 saturated heterocycles. The van der Waals surface area contributed by atoms with E-state index in [-0.39, 0.29) is 6.07 Å². The third-order valence-corrected chi connectivity index (χ3v) is 3.37. The molecule has 0 radical (unpaired) electrons. The first-order chi connectivity index (χ1) is 7.31. The summed E-state index contributed by atoms with van der Waals surface area (Å²) in [4.78, 5) is -1.61. The molecular formula is C9H6F4O2S. The number of sulfone groups is 1. The Balaban J connectivity index is 3.62. The lowest BCUT2D eigenvalue weighted by molar-refractivity contribution is 0.419. The van der Waals surface area contributed by atoms with Crippen LogP contribution in [0.2, 0.25) is 0 Å². The Morgan fingerprint density at radius 2 is 1.56 bits per heavy atom. The lowest BCUT2D eigenvalue weighted by atomic mass is 10.3. The van der Waals surface area contributed by atoms with Gasteiger partial charge in [0.2, 0.25) is 0 Å². The second kappa shape index (κ2) is 4.25. The van der Waals surface area contributed by atoms with Crippen LogP contribution >= 0.6 is 0 Å². The van der Waals surface area contributed by atoms with E-state index in [0.717, 1.165) is 6.08 Å².